The van der Waals surface area contributed by atoms with Gasteiger partial charge in [-0.3, -0.25) is 0 Å². The third kappa shape index (κ3) is 2.68. The van der Waals surface area contributed by atoms with Gasteiger partial charge in [0.2, 0.25) is 0 Å². The molecule has 0 amide bonds. The molecule has 1 aromatic heterocycles. The second kappa shape index (κ2) is 5.63. The number of hydrogen-bond donors (Lipinski definition) is 1. The Hall–Kier alpha value is -1.87. The lowest BCUT2D eigenvalue weighted by Crippen LogP contribution is -2.27. The van der Waals surface area contributed by atoms with Gasteiger partial charge in [-0.05, 0) is 48.6 Å². The SMILES string of the molecule is CC(O)c1ccnc(N2CCc3ccccc3CC2)c1. The molecule has 1 atom stereocenters. The van der Waals surface area contributed by atoms with Crippen LogP contribution >= 0.6 is 0 Å². The molecule has 0 bridgehead atoms. The summed E-state index contributed by atoms with van der Waals surface area (Å²) in [6.07, 6.45) is 3.45. The summed E-state index contributed by atoms with van der Waals surface area (Å²) >= 11 is 0. The molecule has 0 spiro atoms. The molecule has 3 heteroatoms. The smallest absolute Gasteiger partial charge is 0.128 e. The summed E-state index contributed by atoms with van der Waals surface area (Å²) in [6, 6.07) is 12.5. The molecule has 1 aliphatic rings. The Balaban J connectivity index is 1.81. The van der Waals surface area contributed by atoms with Crippen LogP contribution in [0.4, 0.5) is 5.82 Å². The van der Waals surface area contributed by atoms with E-state index in [0.717, 1.165) is 37.3 Å². The summed E-state index contributed by atoms with van der Waals surface area (Å²) in [4.78, 5) is 6.78. The lowest BCUT2D eigenvalue weighted by molar-refractivity contribution is 0.199. The Morgan fingerprint density at radius 2 is 1.75 bits per heavy atom. The van der Waals surface area contributed by atoms with Gasteiger partial charge in [-0.15, -0.1) is 0 Å². The average Bonchev–Trinajstić information content (AvgIpc) is 2.70. The van der Waals surface area contributed by atoms with Crippen molar-refractivity contribution < 1.29 is 5.11 Å². The number of rotatable bonds is 2. The number of pyridine rings is 1. The predicted molar refractivity (Wildman–Crippen MR) is 80.9 cm³/mol. The topological polar surface area (TPSA) is 36.4 Å². The summed E-state index contributed by atoms with van der Waals surface area (Å²) in [5.74, 6) is 0.969. The van der Waals surface area contributed by atoms with E-state index < -0.39 is 6.10 Å². The van der Waals surface area contributed by atoms with E-state index in [-0.39, 0.29) is 0 Å². The monoisotopic (exact) mass is 268 g/mol. The van der Waals surface area contributed by atoms with Crippen molar-refractivity contribution in [2.24, 2.45) is 0 Å². The largest absolute Gasteiger partial charge is 0.389 e. The molecule has 1 aromatic carbocycles. The summed E-state index contributed by atoms with van der Waals surface area (Å²) in [5, 5.41) is 9.70. The maximum atomic E-state index is 9.70. The van der Waals surface area contributed by atoms with Gasteiger partial charge < -0.3 is 10.0 Å². The minimum atomic E-state index is -0.444. The van der Waals surface area contributed by atoms with Gasteiger partial charge in [-0.1, -0.05) is 24.3 Å². The Morgan fingerprint density at radius 1 is 1.10 bits per heavy atom. The first-order chi connectivity index (χ1) is 9.74. The fourth-order valence-corrected chi connectivity index (χ4v) is 2.76. The highest BCUT2D eigenvalue weighted by atomic mass is 16.3. The maximum Gasteiger partial charge on any atom is 0.128 e. The third-order valence-electron chi connectivity index (χ3n) is 4.00. The molecular formula is C17H20N2O. The van der Waals surface area contributed by atoms with Crippen LogP contribution in [0.3, 0.4) is 0 Å². The normalized spacial score (nSPS) is 16.4. The first-order valence-corrected chi connectivity index (χ1v) is 7.20. The lowest BCUT2D eigenvalue weighted by Gasteiger charge is -2.22. The van der Waals surface area contributed by atoms with Crippen LogP contribution in [0.5, 0.6) is 0 Å². The van der Waals surface area contributed by atoms with E-state index in [1.54, 1.807) is 13.1 Å². The standard InChI is InChI=1S/C17H20N2O/c1-13(20)16-6-9-18-17(12-16)19-10-7-14-4-2-3-5-15(14)8-11-19/h2-6,9,12-13,20H,7-8,10-11H2,1H3. The van der Waals surface area contributed by atoms with Gasteiger partial charge in [0.25, 0.3) is 0 Å². The van der Waals surface area contributed by atoms with E-state index in [1.165, 1.54) is 11.1 Å². The molecule has 1 unspecified atom stereocenters. The predicted octanol–water partition coefficient (Wildman–Crippen LogP) is 2.74. The van der Waals surface area contributed by atoms with E-state index in [2.05, 4.69) is 34.1 Å². The van der Waals surface area contributed by atoms with Gasteiger partial charge in [0.1, 0.15) is 5.82 Å². The minimum absolute atomic E-state index is 0.444. The number of fused-ring (bicyclic) bond motifs is 1. The highest BCUT2D eigenvalue weighted by molar-refractivity contribution is 5.43. The van der Waals surface area contributed by atoms with E-state index in [1.807, 2.05) is 12.1 Å². The summed E-state index contributed by atoms with van der Waals surface area (Å²) in [6.45, 7) is 3.75. The average molecular weight is 268 g/mol. The van der Waals surface area contributed by atoms with E-state index in [4.69, 9.17) is 0 Å². The molecule has 0 aliphatic carbocycles. The number of anilines is 1. The fraction of sp³-hybridized carbons (Fsp3) is 0.353. The molecule has 0 radical (unpaired) electrons. The quantitative estimate of drug-likeness (QED) is 0.910. The van der Waals surface area contributed by atoms with E-state index in [0.29, 0.717) is 0 Å². The molecule has 104 valence electrons. The summed E-state index contributed by atoms with van der Waals surface area (Å²) in [5.41, 5.74) is 3.82. The van der Waals surface area contributed by atoms with Crippen LogP contribution in [-0.2, 0) is 12.8 Å². The Bertz CT molecular complexity index is 568. The third-order valence-corrected chi connectivity index (χ3v) is 4.00. The van der Waals surface area contributed by atoms with Crippen LogP contribution in [0.2, 0.25) is 0 Å². The highest BCUT2D eigenvalue weighted by Gasteiger charge is 2.15. The van der Waals surface area contributed by atoms with Gasteiger partial charge in [0.15, 0.2) is 0 Å². The Morgan fingerprint density at radius 3 is 2.35 bits per heavy atom. The molecule has 0 saturated heterocycles. The van der Waals surface area contributed by atoms with E-state index in [9.17, 15) is 5.11 Å². The number of benzene rings is 1. The van der Waals surface area contributed by atoms with Crippen molar-refractivity contribution in [1.29, 1.82) is 0 Å². The summed E-state index contributed by atoms with van der Waals surface area (Å²) < 4.78 is 0. The zero-order valence-electron chi connectivity index (χ0n) is 11.8. The molecule has 0 fully saturated rings. The number of nitrogens with zero attached hydrogens (tertiary/aromatic N) is 2. The van der Waals surface area contributed by atoms with Crippen molar-refractivity contribution in [2.45, 2.75) is 25.9 Å². The van der Waals surface area contributed by atoms with Crippen LogP contribution in [0, 0.1) is 0 Å². The zero-order valence-corrected chi connectivity index (χ0v) is 11.8. The van der Waals surface area contributed by atoms with Gasteiger partial charge in [0.05, 0.1) is 6.10 Å². The Labute approximate surface area is 119 Å². The molecule has 20 heavy (non-hydrogen) atoms. The zero-order chi connectivity index (χ0) is 13.9. The van der Waals surface area contributed by atoms with Crippen molar-refractivity contribution in [2.75, 3.05) is 18.0 Å². The highest BCUT2D eigenvalue weighted by Crippen LogP contribution is 2.22. The van der Waals surface area contributed by atoms with Gasteiger partial charge in [0, 0.05) is 19.3 Å². The number of aliphatic hydroxyl groups excluding tert-OH is 1. The fourth-order valence-electron chi connectivity index (χ4n) is 2.76. The van der Waals surface area contributed by atoms with Crippen molar-refractivity contribution in [3.05, 3.63) is 59.3 Å². The van der Waals surface area contributed by atoms with Crippen molar-refractivity contribution >= 4 is 5.82 Å². The van der Waals surface area contributed by atoms with Crippen molar-refractivity contribution in [1.82, 2.24) is 4.98 Å². The van der Waals surface area contributed by atoms with Gasteiger partial charge in [-0.2, -0.15) is 0 Å². The molecule has 0 saturated carbocycles. The second-order valence-corrected chi connectivity index (χ2v) is 5.38. The molecule has 3 nitrogen and oxygen atoms in total. The first-order valence-electron chi connectivity index (χ1n) is 7.20. The molecule has 2 aromatic rings. The number of aliphatic hydroxyl groups is 1. The van der Waals surface area contributed by atoms with Gasteiger partial charge >= 0.3 is 0 Å². The van der Waals surface area contributed by atoms with Crippen LogP contribution in [0.15, 0.2) is 42.6 Å². The van der Waals surface area contributed by atoms with Crippen LogP contribution in [-0.4, -0.2) is 23.2 Å². The van der Waals surface area contributed by atoms with Crippen LogP contribution in [0.25, 0.3) is 0 Å². The second-order valence-electron chi connectivity index (χ2n) is 5.38. The van der Waals surface area contributed by atoms with Gasteiger partial charge in [-0.25, -0.2) is 4.98 Å². The van der Waals surface area contributed by atoms with Crippen molar-refractivity contribution in [3.8, 4) is 0 Å². The lowest BCUT2D eigenvalue weighted by atomic mass is 10.0. The molecule has 1 aliphatic heterocycles. The van der Waals surface area contributed by atoms with Crippen LogP contribution in [0.1, 0.15) is 29.7 Å². The number of hydrogen-bond acceptors (Lipinski definition) is 3. The van der Waals surface area contributed by atoms with Crippen molar-refractivity contribution in [3.63, 3.8) is 0 Å². The molecule has 2 heterocycles. The van der Waals surface area contributed by atoms with Crippen LogP contribution < -0.4 is 4.90 Å². The summed E-state index contributed by atoms with van der Waals surface area (Å²) in [7, 11) is 0. The molecular weight excluding hydrogens is 248 g/mol. The van der Waals surface area contributed by atoms with E-state index >= 15 is 0 Å². The molecule has 3 rings (SSSR count). The first kappa shape index (κ1) is 13.1. The number of aromatic nitrogens is 1. The minimum Gasteiger partial charge on any atom is -0.389 e. The Kier molecular flexibility index (Phi) is 3.70. The maximum absolute atomic E-state index is 9.70. The molecule has 1 N–H and O–H groups in total.